The quantitative estimate of drug-likeness (QED) is 0.670. The zero-order chi connectivity index (χ0) is 15.4. The molecule has 0 spiro atoms. The van der Waals surface area contributed by atoms with Crippen molar-refractivity contribution in [2.24, 2.45) is 21.8 Å². The molecule has 0 unspecified atom stereocenters. The van der Waals surface area contributed by atoms with Gasteiger partial charge in [0, 0.05) is 18.1 Å². The minimum Gasteiger partial charge on any atom is -0.294 e. The number of hydrazone groups is 1. The zero-order valence-electron chi connectivity index (χ0n) is 13.4. The van der Waals surface area contributed by atoms with Crippen molar-refractivity contribution in [2.75, 3.05) is 5.43 Å². The van der Waals surface area contributed by atoms with E-state index in [1.165, 1.54) is 29.9 Å². The molecule has 4 nitrogen and oxygen atoms in total. The highest BCUT2D eigenvalue weighted by Crippen LogP contribution is 2.63. The molecular formula is C16H23N3OS. The molecule has 0 saturated heterocycles. The number of aromatic nitrogens is 1. The minimum absolute atomic E-state index is 0.0683. The lowest BCUT2D eigenvalue weighted by atomic mass is 9.70. The monoisotopic (exact) mass is 305 g/mol. The fraction of sp³-hybridized carbons (Fsp3) is 0.688. The topological polar surface area (TPSA) is 54.4 Å². The Bertz CT molecular complexity index is 631. The van der Waals surface area contributed by atoms with E-state index < -0.39 is 0 Å². The van der Waals surface area contributed by atoms with Crippen LogP contribution in [0.1, 0.15) is 62.3 Å². The van der Waals surface area contributed by atoms with E-state index in [1.54, 1.807) is 6.92 Å². The second-order valence-corrected chi connectivity index (χ2v) is 8.15. The van der Waals surface area contributed by atoms with E-state index in [4.69, 9.17) is 0 Å². The van der Waals surface area contributed by atoms with Crippen molar-refractivity contribution in [3.05, 3.63) is 10.6 Å². The predicted octanol–water partition coefficient (Wildman–Crippen LogP) is 4.27. The molecule has 0 radical (unpaired) electrons. The first kappa shape index (κ1) is 14.7. The first-order chi connectivity index (χ1) is 9.75. The molecule has 1 aromatic rings. The summed E-state index contributed by atoms with van der Waals surface area (Å²) < 4.78 is 0. The maximum absolute atomic E-state index is 11.5. The number of rotatable bonds is 3. The Morgan fingerprint density at radius 1 is 1.43 bits per heavy atom. The molecule has 2 aliphatic rings. The van der Waals surface area contributed by atoms with Crippen LogP contribution < -0.4 is 5.43 Å². The third-order valence-electron chi connectivity index (χ3n) is 5.92. The summed E-state index contributed by atoms with van der Waals surface area (Å²) in [5.74, 6) is 0.813. The molecule has 1 heterocycles. The maximum atomic E-state index is 11.5. The van der Waals surface area contributed by atoms with Crippen LogP contribution in [0.5, 0.6) is 0 Å². The number of carbonyl (C=O) groups excluding carboxylic acids is 1. The van der Waals surface area contributed by atoms with Gasteiger partial charge in [0.05, 0.1) is 10.6 Å². The number of hydrogen-bond acceptors (Lipinski definition) is 5. The smallest absolute Gasteiger partial charge is 0.204 e. The molecule has 21 heavy (non-hydrogen) atoms. The highest BCUT2D eigenvalue weighted by molar-refractivity contribution is 7.17. The minimum atomic E-state index is 0.0683. The number of Topliss-reactive ketones (excluding diaryl/α,β-unsaturated/α-hetero) is 1. The standard InChI is InChI=1S/C16H23N3OS/c1-9-13(10(2)20)21-14(17-9)19-18-12-8-11-6-7-16(12,5)15(11,3)4/h11H,6-8H2,1-5H3,(H,17,19)/b18-12-/t11-,16-/m1/s1. The van der Waals surface area contributed by atoms with Gasteiger partial charge in [-0.1, -0.05) is 32.1 Å². The summed E-state index contributed by atoms with van der Waals surface area (Å²) in [4.78, 5) is 16.6. The second kappa shape index (κ2) is 4.63. The molecule has 1 N–H and O–H groups in total. The molecule has 5 heteroatoms. The summed E-state index contributed by atoms with van der Waals surface area (Å²) in [6, 6.07) is 0. The van der Waals surface area contributed by atoms with E-state index in [0.29, 0.717) is 5.41 Å². The SMILES string of the molecule is CC(=O)c1sc(N/N=C2/C[C@H]3CC[C@@]2(C)C3(C)C)nc1C. The number of carbonyl (C=O) groups is 1. The van der Waals surface area contributed by atoms with Crippen LogP contribution in [0.3, 0.4) is 0 Å². The lowest BCUT2D eigenvalue weighted by molar-refractivity contribution is 0.102. The Hall–Kier alpha value is -1.23. The lowest BCUT2D eigenvalue weighted by Gasteiger charge is -2.34. The number of hydrogen-bond donors (Lipinski definition) is 1. The Morgan fingerprint density at radius 2 is 2.14 bits per heavy atom. The first-order valence-corrected chi connectivity index (χ1v) is 8.39. The highest BCUT2D eigenvalue weighted by Gasteiger charge is 2.59. The Labute approximate surface area is 130 Å². The molecule has 0 aromatic carbocycles. The summed E-state index contributed by atoms with van der Waals surface area (Å²) in [5, 5.41) is 5.38. The number of anilines is 1. The molecular weight excluding hydrogens is 282 g/mol. The van der Waals surface area contributed by atoms with Crippen molar-refractivity contribution in [1.29, 1.82) is 0 Å². The van der Waals surface area contributed by atoms with Crippen molar-refractivity contribution >= 4 is 28.0 Å². The van der Waals surface area contributed by atoms with Gasteiger partial charge in [-0.05, 0) is 37.5 Å². The van der Waals surface area contributed by atoms with Crippen LogP contribution in [-0.2, 0) is 0 Å². The lowest BCUT2D eigenvalue weighted by Crippen LogP contribution is -2.32. The van der Waals surface area contributed by atoms with Crippen LogP contribution in [0.25, 0.3) is 0 Å². The molecule has 2 saturated carbocycles. The third kappa shape index (κ3) is 2.05. The average Bonchev–Trinajstić information content (AvgIpc) is 2.93. The number of nitrogens with one attached hydrogen (secondary N) is 1. The van der Waals surface area contributed by atoms with Crippen LogP contribution >= 0.6 is 11.3 Å². The summed E-state index contributed by atoms with van der Waals surface area (Å²) >= 11 is 1.39. The van der Waals surface area contributed by atoms with Gasteiger partial charge in [-0.25, -0.2) is 4.98 Å². The Balaban J connectivity index is 1.82. The molecule has 2 aliphatic carbocycles. The summed E-state index contributed by atoms with van der Waals surface area (Å²) in [7, 11) is 0. The highest BCUT2D eigenvalue weighted by atomic mass is 32.1. The van der Waals surface area contributed by atoms with Gasteiger partial charge in [0.1, 0.15) is 0 Å². The maximum Gasteiger partial charge on any atom is 0.204 e. The summed E-state index contributed by atoms with van der Waals surface area (Å²) in [6.45, 7) is 10.5. The first-order valence-electron chi connectivity index (χ1n) is 7.57. The number of nitrogens with zero attached hydrogens (tertiary/aromatic N) is 2. The van der Waals surface area contributed by atoms with Crippen LogP contribution in [0, 0.1) is 23.7 Å². The van der Waals surface area contributed by atoms with Crippen LogP contribution in [0.2, 0.25) is 0 Å². The van der Waals surface area contributed by atoms with E-state index in [1.807, 2.05) is 6.92 Å². The van der Waals surface area contributed by atoms with Gasteiger partial charge in [0.15, 0.2) is 5.78 Å². The Morgan fingerprint density at radius 3 is 2.62 bits per heavy atom. The van der Waals surface area contributed by atoms with Gasteiger partial charge in [0.25, 0.3) is 0 Å². The molecule has 3 rings (SSSR count). The molecule has 0 amide bonds. The largest absolute Gasteiger partial charge is 0.294 e. The van der Waals surface area contributed by atoms with Crippen molar-refractivity contribution < 1.29 is 4.79 Å². The van der Waals surface area contributed by atoms with E-state index in [2.05, 4.69) is 36.3 Å². The van der Waals surface area contributed by atoms with Crippen molar-refractivity contribution in [3.63, 3.8) is 0 Å². The van der Waals surface area contributed by atoms with Gasteiger partial charge in [-0.2, -0.15) is 5.10 Å². The van der Waals surface area contributed by atoms with Crippen LogP contribution in [0.15, 0.2) is 5.10 Å². The summed E-state index contributed by atoms with van der Waals surface area (Å²) in [5.41, 5.74) is 5.67. The van der Waals surface area contributed by atoms with Crippen molar-refractivity contribution in [1.82, 2.24) is 4.98 Å². The van der Waals surface area contributed by atoms with Gasteiger partial charge < -0.3 is 0 Å². The van der Waals surface area contributed by atoms with Crippen molar-refractivity contribution in [2.45, 2.75) is 53.9 Å². The molecule has 2 fully saturated rings. The number of thiazole rings is 1. The normalized spacial score (nSPS) is 31.9. The molecule has 2 bridgehead atoms. The molecule has 0 aliphatic heterocycles. The molecule has 114 valence electrons. The number of ketones is 1. The number of aryl methyl sites for hydroxylation is 1. The fourth-order valence-electron chi connectivity index (χ4n) is 3.98. The third-order valence-corrected chi connectivity index (χ3v) is 7.08. The molecule has 2 atom stereocenters. The van der Waals surface area contributed by atoms with Gasteiger partial charge >= 0.3 is 0 Å². The average molecular weight is 305 g/mol. The Kier molecular flexibility index (Phi) is 3.24. The molecule has 1 aromatic heterocycles. The van der Waals surface area contributed by atoms with Crippen molar-refractivity contribution in [3.8, 4) is 0 Å². The van der Waals surface area contributed by atoms with Gasteiger partial charge in [0.2, 0.25) is 5.13 Å². The van der Waals surface area contributed by atoms with Gasteiger partial charge in [-0.15, -0.1) is 0 Å². The summed E-state index contributed by atoms with van der Waals surface area (Å²) in [6.07, 6.45) is 3.62. The predicted molar refractivity (Wildman–Crippen MR) is 87.1 cm³/mol. The van der Waals surface area contributed by atoms with E-state index in [-0.39, 0.29) is 11.2 Å². The fourth-order valence-corrected chi connectivity index (χ4v) is 4.79. The van der Waals surface area contributed by atoms with E-state index in [9.17, 15) is 4.79 Å². The van der Waals surface area contributed by atoms with Gasteiger partial charge in [-0.3, -0.25) is 10.2 Å². The van der Waals surface area contributed by atoms with Crippen LogP contribution in [0.4, 0.5) is 5.13 Å². The zero-order valence-corrected chi connectivity index (χ0v) is 14.2. The second-order valence-electron chi connectivity index (χ2n) is 7.15. The van der Waals surface area contributed by atoms with Crippen LogP contribution in [-0.4, -0.2) is 16.5 Å². The van der Waals surface area contributed by atoms with E-state index in [0.717, 1.165) is 28.0 Å². The van der Waals surface area contributed by atoms with E-state index >= 15 is 0 Å². The number of fused-ring (bicyclic) bond motifs is 2.